The van der Waals surface area contributed by atoms with Gasteiger partial charge in [-0.3, -0.25) is 14.3 Å². The van der Waals surface area contributed by atoms with Gasteiger partial charge < -0.3 is 4.74 Å². The maximum Gasteiger partial charge on any atom is 0.324 e. The van der Waals surface area contributed by atoms with Crippen LogP contribution in [0.5, 0.6) is 0 Å². The van der Waals surface area contributed by atoms with Gasteiger partial charge in [-0.2, -0.15) is 0 Å². The fraction of sp³-hybridized carbons (Fsp3) is 0.300. The minimum atomic E-state index is -3.39. The van der Waals surface area contributed by atoms with Crippen LogP contribution in [0.1, 0.15) is 33.7 Å². The molecule has 148 valence electrons. The lowest BCUT2D eigenvalue weighted by atomic mass is 10.0. The highest BCUT2D eigenvalue weighted by atomic mass is 32.2. The second-order valence-electron chi connectivity index (χ2n) is 6.59. The molecule has 0 radical (unpaired) electrons. The van der Waals surface area contributed by atoms with Gasteiger partial charge >= 0.3 is 5.97 Å². The Labute approximate surface area is 168 Å². The highest BCUT2D eigenvalue weighted by molar-refractivity contribution is 8.00. The fourth-order valence-corrected chi connectivity index (χ4v) is 4.77. The average molecular weight is 420 g/mol. The number of thioether (sulfide) groups is 1. The van der Waals surface area contributed by atoms with Crippen LogP contribution in [0.15, 0.2) is 48.5 Å². The lowest BCUT2D eigenvalue weighted by Gasteiger charge is -2.24. The molecule has 1 aliphatic heterocycles. The largest absolute Gasteiger partial charge is 0.453 e. The van der Waals surface area contributed by atoms with Gasteiger partial charge in [0.15, 0.2) is 6.10 Å². The summed E-state index contributed by atoms with van der Waals surface area (Å²) in [5.74, 6) is 0.0650. The molecule has 2 atom stereocenters. The van der Waals surface area contributed by atoms with E-state index in [9.17, 15) is 18.0 Å². The van der Waals surface area contributed by atoms with Gasteiger partial charge in [0.2, 0.25) is 15.8 Å². The molecular formula is C20H21NO5S2. The number of ketones is 1. The maximum atomic E-state index is 12.6. The Bertz CT molecular complexity index is 986. The highest BCUT2D eigenvalue weighted by Crippen LogP contribution is 2.37. The maximum absolute atomic E-state index is 12.6. The number of Topliss-reactive ketones (excluding diaryl/α,β-unsaturated/α-hetero) is 1. The first-order chi connectivity index (χ1) is 13.2. The van der Waals surface area contributed by atoms with Crippen molar-refractivity contribution in [1.29, 1.82) is 0 Å². The van der Waals surface area contributed by atoms with Crippen LogP contribution in [0.3, 0.4) is 0 Å². The van der Waals surface area contributed by atoms with Crippen LogP contribution in [-0.2, 0) is 26.0 Å². The molecule has 0 fully saturated rings. The summed E-state index contributed by atoms with van der Waals surface area (Å²) in [4.78, 5) is 25.2. The Balaban J connectivity index is 1.67. The number of esters is 1. The summed E-state index contributed by atoms with van der Waals surface area (Å²) in [5, 5.41) is -0.429. The van der Waals surface area contributed by atoms with Gasteiger partial charge in [0.1, 0.15) is 5.25 Å². The van der Waals surface area contributed by atoms with Gasteiger partial charge in [-0.1, -0.05) is 24.3 Å². The van der Waals surface area contributed by atoms with Crippen molar-refractivity contribution >= 4 is 39.2 Å². The number of benzene rings is 2. The van der Waals surface area contributed by atoms with Crippen LogP contribution in [0.2, 0.25) is 0 Å². The van der Waals surface area contributed by atoms with E-state index in [1.54, 1.807) is 6.92 Å². The molecule has 28 heavy (non-hydrogen) atoms. The molecule has 0 unspecified atom stereocenters. The van der Waals surface area contributed by atoms with Crippen molar-refractivity contribution in [2.24, 2.45) is 0 Å². The van der Waals surface area contributed by atoms with E-state index in [1.807, 2.05) is 24.3 Å². The Hall–Kier alpha value is -2.32. The van der Waals surface area contributed by atoms with Crippen LogP contribution in [0.4, 0.5) is 5.69 Å². The molecule has 2 aromatic carbocycles. The van der Waals surface area contributed by atoms with E-state index in [0.717, 1.165) is 29.6 Å². The quantitative estimate of drug-likeness (QED) is 0.571. The fourth-order valence-electron chi connectivity index (χ4n) is 3.03. The molecule has 8 heteroatoms. The average Bonchev–Trinajstić information content (AvgIpc) is 2.66. The van der Waals surface area contributed by atoms with Gasteiger partial charge in [-0.05, 0) is 54.5 Å². The first-order valence-corrected chi connectivity index (χ1v) is 11.7. The number of fused-ring (bicyclic) bond motifs is 1. The molecule has 3 rings (SSSR count). The van der Waals surface area contributed by atoms with E-state index in [2.05, 4.69) is 4.72 Å². The molecule has 0 bridgehead atoms. The van der Waals surface area contributed by atoms with Crippen LogP contribution in [0, 0.1) is 0 Å². The first kappa shape index (κ1) is 20.4. The van der Waals surface area contributed by atoms with Crippen LogP contribution < -0.4 is 4.72 Å². The molecule has 0 amide bonds. The highest BCUT2D eigenvalue weighted by Gasteiger charge is 2.30. The number of carbonyl (C=O) groups excluding carboxylic acids is 2. The van der Waals surface area contributed by atoms with Gasteiger partial charge in [-0.15, -0.1) is 11.8 Å². The van der Waals surface area contributed by atoms with Crippen molar-refractivity contribution in [2.45, 2.75) is 24.7 Å². The van der Waals surface area contributed by atoms with Crippen molar-refractivity contribution in [3.05, 3.63) is 65.2 Å². The van der Waals surface area contributed by atoms with Crippen molar-refractivity contribution in [2.75, 3.05) is 16.7 Å². The summed E-state index contributed by atoms with van der Waals surface area (Å²) in [7, 11) is -3.39. The summed E-state index contributed by atoms with van der Waals surface area (Å²) in [5.41, 5.74) is 2.78. The predicted octanol–water partition coefficient (Wildman–Crippen LogP) is 3.20. The summed E-state index contributed by atoms with van der Waals surface area (Å²) in [6, 6.07) is 13.8. The molecule has 0 saturated heterocycles. The first-order valence-electron chi connectivity index (χ1n) is 8.76. The third-order valence-electron chi connectivity index (χ3n) is 4.34. The molecule has 0 aromatic heterocycles. The smallest absolute Gasteiger partial charge is 0.324 e. The summed E-state index contributed by atoms with van der Waals surface area (Å²) in [6.07, 6.45) is 1.03. The normalized spacial score (nSPS) is 17.3. The minimum absolute atomic E-state index is 0.339. The zero-order valence-corrected chi connectivity index (χ0v) is 17.2. The van der Waals surface area contributed by atoms with Gasteiger partial charge in [0.25, 0.3) is 0 Å². The molecule has 0 aliphatic carbocycles. The second kappa shape index (κ2) is 8.36. The lowest BCUT2D eigenvalue weighted by Crippen LogP contribution is -2.28. The van der Waals surface area contributed by atoms with Crippen molar-refractivity contribution in [1.82, 2.24) is 0 Å². The summed E-state index contributed by atoms with van der Waals surface area (Å²) >= 11 is 1.52. The predicted molar refractivity (Wildman–Crippen MR) is 110 cm³/mol. The number of ether oxygens (including phenoxy) is 1. The van der Waals surface area contributed by atoms with Gasteiger partial charge in [0.05, 0.1) is 6.26 Å². The number of anilines is 1. The van der Waals surface area contributed by atoms with Gasteiger partial charge in [-0.25, -0.2) is 8.42 Å². The third kappa shape index (κ3) is 4.94. The van der Waals surface area contributed by atoms with Crippen molar-refractivity contribution in [3.63, 3.8) is 0 Å². The number of hydrogen-bond donors (Lipinski definition) is 1. The zero-order chi connectivity index (χ0) is 20.3. The Kier molecular flexibility index (Phi) is 6.10. The Morgan fingerprint density at radius 3 is 2.50 bits per heavy atom. The molecule has 0 saturated carbocycles. The molecular weight excluding hydrogens is 398 g/mol. The summed E-state index contributed by atoms with van der Waals surface area (Å²) in [6.45, 7) is 1.54. The van der Waals surface area contributed by atoms with E-state index < -0.39 is 27.3 Å². The molecule has 2 aromatic rings. The minimum Gasteiger partial charge on any atom is -0.453 e. The monoisotopic (exact) mass is 419 g/mol. The standard InChI is InChI=1S/C20H21NO5S2/c1-13(18(22)15-7-9-16(10-8-15)21-28(2,24)25)26-20(23)19-17-6-4-3-5-14(17)11-12-27-19/h3-10,13,19,21H,11-12H2,1-2H3/t13-,19+/m1/s1. The Morgan fingerprint density at radius 1 is 1.14 bits per heavy atom. The zero-order valence-electron chi connectivity index (χ0n) is 15.5. The number of nitrogens with one attached hydrogen (secondary N) is 1. The van der Waals surface area contributed by atoms with Crippen LogP contribution in [0.25, 0.3) is 0 Å². The number of rotatable bonds is 6. The van der Waals surface area contributed by atoms with Gasteiger partial charge in [0, 0.05) is 11.3 Å². The number of aryl methyl sites for hydroxylation is 1. The second-order valence-corrected chi connectivity index (χ2v) is 9.56. The van der Waals surface area contributed by atoms with E-state index in [1.165, 1.54) is 36.0 Å². The molecule has 0 spiro atoms. The SMILES string of the molecule is C[C@@H](OC(=O)[C@H]1SCCc2ccccc21)C(=O)c1ccc(NS(C)(=O)=O)cc1. The van der Waals surface area contributed by atoms with E-state index in [4.69, 9.17) is 4.74 Å². The number of carbonyl (C=O) groups is 2. The van der Waals surface area contributed by atoms with Crippen molar-refractivity contribution < 1.29 is 22.7 Å². The molecule has 6 nitrogen and oxygen atoms in total. The van der Waals surface area contributed by atoms with E-state index in [-0.39, 0.29) is 5.78 Å². The van der Waals surface area contributed by atoms with E-state index in [0.29, 0.717) is 11.3 Å². The molecule has 1 aliphatic rings. The summed E-state index contributed by atoms with van der Waals surface area (Å²) < 4.78 is 30.3. The topological polar surface area (TPSA) is 89.5 Å². The lowest BCUT2D eigenvalue weighted by molar-refractivity contribution is -0.145. The Morgan fingerprint density at radius 2 is 1.82 bits per heavy atom. The number of sulfonamides is 1. The van der Waals surface area contributed by atoms with E-state index >= 15 is 0 Å². The third-order valence-corrected chi connectivity index (χ3v) is 6.17. The number of hydrogen-bond acceptors (Lipinski definition) is 6. The van der Waals surface area contributed by atoms with Crippen molar-refractivity contribution in [3.8, 4) is 0 Å². The van der Waals surface area contributed by atoms with Crippen LogP contribution in [-0.4, -0.2) is 38.3 Å². The van der Waals surface area contributed by atoms with Crippen LogP contribution >= 0.6 is 11.8 Å². The molecule has 1 N–H and O–H groups in total. The molecule has 1 heterocycles.